The number of nitrogens with one attached hydrogen (secondary N) is 2. The van der Waals surface area contributed by atoms with Gasteiger partial charge in [0.15, 0.2) is 0 Å². The van der Waals surface area contributed by atoms with E-state index in [9.17, 15) is 4.79 Å². The number of carbonyl (C=O) groups excluding carboxylic acids is 1. The number of halogens is 1. The number of anilines is 1. The van der Waals surface area contributed by atoms with Crippen LogP contribution in [0.3, 0.4) is 0 Å². The van der Waals surface area contributed by atoms with Gasteiger partial charge in [0.25, 0.3) is 0 Å². The van der Waals surface area contributed by atoms with Crippen molar-refractivity contribution in [2.75, 3.05) is 5.32 Å². The number of hydrogen-bond acceptors (Lipinski definition) is 3. The lowest BCUT2D eigenvalue weighted by atomic mass is 9.85. The first kappa shape index (κ1) is 14.0. The number of nitrogens with zero attached hydrogens (tertiary/aromatic N) is 1. The number of rotatable bonds is 2. The first-order valence-corrected chi connectivity index (χ1v) is 8.12. The third-order valence-corrected chi connectivity index (χ3v) is 5.31. The van der Waals surface area contributed by atoms with Crippen LogP contribution in [0.25, 0.3) is 0 Å². The van der Waals surface area contributed by atoms with Gasteiger partial charge in [-0.2, -0.15) is 0 Å². The summed E-state index contributed by atoms with van der Waals surface area (Å²) in [5.41, 5.74) is 1.07. The summed E-state index contributed by atoms with van der Waals surface area (Å²) in [6.07, 6.45) is 7.76. The molecule has 3 unspecified atom stereocenters. The molecule has 1 aromatic heterocycles. The average molecular weight is 338 g/mol. The van der Waals surface area contributed by atoms with Crippen molar-refractivity contribution in [2.24, 2.45) is 5.92 Å². The van der Waals surface area contributed by atoms with Crippen molar-refractivity contribution in [3.8, 4) is 0 Å². The van der Waals surface area contributed by atoms with E-state index in [4.69, 9.17) is 0 Å². The van der Waals surface area contributed by atoms with Gasteiger partial charge < -0.3 is 10.6 Å². The quantitative estimate of drug-likeness (QED) is 0.872. The number of amides is 1. The summed E-state index contributed by atoms with van der Waals surface area (Å²) in [6, 6.07) is 2.37. The first-order chi connectivity index (χ1) is 9.63. The summed E-state index contributed by atoms with van der Waals surface area (Å²) in [7, 11) is 0. The van der Waals surface area contributed by atoms with Crippen LogP contribution in [0, 0.1) is 12.8 Å². The molecule has 2 heterocycles. The van der Waals surface area contributed by atoms with Crippen LogP contribution in [-0.4, -0.2) is 23.0 Å². The van der Waals surface area contributed by atoms with E-state index in [0.29, 0.717) is 17.8 Å². The van der Waals surface area contributed by atoms with E-state index in [0.717, 1.165) is 16.5 Å². The van der Waals surface area contributed by atoms with Crippen molar-refractivity contribution >= 4 is 27.7 Å². The predicted molar refractivity (Wildman–Crippen MR) is 82.6 cm³/mol. The molecule has 20 heavy (non-hydrogen) atoms. The highest BCUT2D eigenvalue weighted by Gasteiger charge is 2.38. The lowest BCUT2D eigenvalue weighted by Crippen LogP contribution is -2.40. The van der Waals surface area contributed by atoms with Gasteiger partial charge in [0.05, 0.1) is 6.04 Å². The minimum Gasteiger partial charge on any atom is -0.309 e. The molecule has 1 saturated heterocycles. The number of fused-ring (bicyclic) bond motifs is 1. The van der Waals surface area contributed by atoms with Crippen LogP contribution >= 0.6 is 15.9 Å². The monoisotopic (exact) mass is 337 g/mol. The summed E-state index contributed by atoms with van der Waals surface area (Å²) in [4.78, 5) is 16.6. The normalized spacial score (nSPS) is 29.0. The number of aryl methyl sites for hydroxylation is 1. The van der Waals surface area contributed by atoms with Crippen molar-refractivity contribution < 1.29 is 4.79 Å². The van der Waals surface area contributed by atoms with E-state index in [1.807, 2.05) is 13.0 Å². The summed E-state index contributed by atoms with van der Waals surface area (Å²) in [6.45, 7) is 1.99. The zero-order valence-electron chi connectivity index (χ0n) is 11.7. The summed E-state index contributed by atoms with van der Waals surface area (Å²) >= 11 is 3.42. The Morgan fingerprint density at radius 3 is 3.00 bits per heavy atom. The molecule has 0 bridgehead atoms. The van der Waals surface area contributed by atoms with Crippen LogP contribution in [-0.2, 0) is 4.79 Å². The average Bonchev–Trinajstić information content (AvgIpc) is 2.87. The maximum Gasteiger partial charge on any atom is 0.242 e. The minimum atomic E-state index is -0.0612. The smallest absolute Gasteiger partial charge is 0.242 e. The fourth-order valence-corrected chi connectivity index (χ4v) is 3.56. The largest absolute Gasteiger partial charge is 0.309 e. The van der Waals surface area contributed by atoms with Gasteiger partial charge in [-0.25, -0.2) is 4.98 Å². The molecule has 2 N–H and O–H groups in total. The van der Waals surface area contributed by atoms with Crippen LogP contribution in [0.2, 0.25) is 0 Å². The maximum atomic E-state index is 12.3. The topological polar surface area (TPSA) is 54.0 Å². The lowest BCUT2D eigenvalue weighted by Gasteiger charge is -2.24. The van der Waals surface area contributed by atoms with Gasteiger partial charge in [-0.3, -0.25) is 4.79 Å². The molecular formula is C15H20BrN3O. The highest BCUT2D eigenvalue weighted by atomic mass is 79.9. The number of aromatic nitrogens is 1. The van der Waals surface area contributed by atoms with E-state index < -0.39 is 0 Å². The predicted octanol–water partition coefficient (Wildman–Crippen LogP) is 3.01. The second kappa shape index (κ2) is 5.82. The van der Waals surface area contributed by atoms with E-state index in [2.05, 4.69) is 31.5 Å². The molecule has 0 aromatic carbocycles. The van der Waals surface area contributed by atoms with Crippen LogP contribution in [0.1, 0.15) is 37.7 Å². The molecule has 0 radical (unpaired) electrons. The van der Waals surface area contributed by atoms with Gasteiger partial charge in [-0.05, 0) is 59.7 Å². The van der Waals surface area contributed by atoms with Crippen LogP contribution < -0.4 is 10.6 Å². The van der Waals surface area contributed by atoms with Gasteiger partial charge in [0.2, 0.25) is 5.91 Å². The van der Waals surface area contributed by atoms with Crippen molar-refractivity contribution in [3.05, 3.63) is 22.3 Å². The maximum absolute atomic E-state index is 12.3. The Kier molecular flexibility index (Phi) is 4.08. The molecule has 5 heteroatoms. The van der Waals surface area contributed by atoms with Crippen LogP contribution in [0.4, 0.5) is 5.82 Å². The highest BCUT2D eigenvalue weighted by Crippen LogP contribution is 2.33. The van der Waals surface area contributed by atoms with E-state index in [-0.39, 0.29) is 11.9 Å². The molecule has 0 spiro atoms. The Morgan fingerprint density at radius 1 is 1.45 bits per heavy atom. The van der Waals surface area contributed by atoms with E-state index in [1.165, 1.54) is 25.7 Å². The second-order valence-electron chi connectivity index (χ2n) is 5.91. The minimum absolute atomic E-state index is 0.0497. The third-order valence-electron chi connectivity index (χ3n) is 4.48. The zero-order chi connectivity index (χ0) is 14.1. The number of hydrogen-bond donors (Lipinski definition) is 2. The molecule has 3 atom stereocenters. The van der Waals surface area contributed by atoms with Crippen molar-refractivity contribution in [2.45, 2.75) is 51.1 Å². The van der Waals surface area contributed by atoms with Crippen LogP contribution in [0.5, 0.6) is 0 Å². The molecule has 4 nitrogen and oxygen atoms in total. The summed E-state index contributed by atoms with van der Waals surface area (Å²) in [5.74, 6) is 1.36. The van der Waals surface area contributed by atoms with Crippen molar-refractivity contribution in [3.63, 3.8) is 0 Å². The standard InChI is InChI=1S/C15H20BrN3O/c1-9-6-14(17-8-11(9)16)19-15(20)13-7-10-4-2-3-5-12(10)18-13/h6,8,10,12-13,18H,2-5,7H2,1H3,(H,17,19,20). The molecular weight excluding hydrogens is 318 g/mol. The SMILES string of the molecule is Cc1cc(NC(=O)C2CC3CCCCC3N2)ncc1Br. The fourth-order valence-electron chi connectivity index (χ4n) is 3.34. The molecule has 1 aliphatic carbocycles. The Labute approximate surface area is 127 Å². The fraction of sp³-hybridized carbons (Fsp3) is 0.600. The summed E-state index contributed by atoms with van der Waals surface area (Å²) < 4.78 is 0.959. The van der Waals surface area contributed by atoms with Gasteiger partial charge >= 0.3 is 0 Å². The molecule has 2 aliphatic rings. The lowest BCUT2D eigenvalue weighted by molar-refractivity contribution is -0.117. The second-order valence-corrected chi connectivity index (χ2v) is 6.77. The molecule has 1 aromatic rings. The Hall–Kier alpha value is -0.940. The highest BCUT2D eigenvalue weighted by molar-refractivity contribution is 9.10. The van der Waals surface area contributed by atoms with Gasteiger partial charge in [-0.1, -0.05) is 12.8 Å². The van der Waals surface area contributed by atoms with Gasteiger partial charge in [0, 0.05) is 16.7 Å². The molecule has 3 rings (SSSR count). The Morgan fingerprint density at radius 2 is 2.25 bits per heavy atom. The molecule has 2 fully saturated rings. The first-order valence-electron chi connectivity index (χ1n) is 7.32. The number of pyridine rings is 1. The molecule has 1 amide bonds. The van der Waals surface area contributed by atoms with E-state index >= 15 is 0 Å². The Balaban J connectivity index is 1.63. The molecule has 1 aliphatic heterocycles. The summed E-state index contributed by atoms with van der Waals surface area (Å²) in [5, 5.41) is 6.42. The Bertz CT molecular complexity index is 506. The van der Waals surface area contributed by atoms with E-state index in [1.54, 1.807) is 6.20 Å². The van der Waals surface area contributed by atoms with Crippen LogP contribution in [0.15, 0.2) is 16.7 Å². The molecule has 108 valence electrons. The van der Waals surface area contributed by atoms with Crippen molar-refractivity contribution in [1.82, 2.24) is 10.3 Å². The van der Waals surface area contributed by atoms with Crippen molar-refractivity contribution in [1.29, 1.82) is 0 Å². The zero-order valence-corrected chi connectivity index (χ0v) is 13.2. The van der Waals surface area contributed by atoms with Gasteiger partial charge in [0.1, 0.15) is 5.82 Å². The van der Waals surface area contributed by atoms with Gasteiger partial charge in [-0.15, -0.1) is 0 Å². The number of carbonyl (C=O) groups is 1. The molecule has 1 saturated carbocycles. The third kappa shape index (κ3) is 2.88.